The fourth-order valence-electron chi connectivity index (χ4n) is 2.46. The van der Waals surface area contributed by atoms with Crippen LogP contribution in [-0.4, -0.2) is 38.9 Å². The first-order valence-corrected chi connectivity index (χ1v) is 8.94. The molecule has 0 heterocycles. The lowest BCUT2D eigenvalue weighted by Gasteiger charge is -2.21. The van der Waals surface area contributed by atoms with Crippen LogP contribution in [0.2, 0.25) is 0 Å². The summed E-state index contributed by atoms with van der Waals surface area (Å²) in [4.78, 5) is 12.5. The number of methoxy groups -OCH3 is 2. The molecule has 6 nitrogen and oxygen atoms in total. The van der Waals surface area contributed by atoms with Crippen LogP contribution in [0.5, 0.6) is 23.0 Å². The van der Waals surface area contributed by atoms with Crippen molar-refractivity contribution >= 4 is 5.91 Å². The highest BCUT2D eigenvalue weighted by atomic mass is 16.5. The molecular formula is C21H27NO5. The van der Waals surface area contributed by atoms with Crippen molar-refractivity contribution in [3.63, 3.8) is 0 Å². The molecule has 0 bridgehead atoms. The average molecular weight is 373 g/mol. The summed E-state index contributed by atoms with van der Waals surface area (Å²) in [6.45, 7) is 4.14. The van der Waals surface area contributed by atoms with Crippen LogP contribution < -0.4 is 24.3 Å². The molecule has 146 valence electrons. The van der Waals surface area contributed by atoms with E-state index < -0.39 is 6.10 Å². The van der Waals surface area contributed by atoms with Gasteiger partial charge in [-0.05, 0) is 49.7 Å². The first-order valence-electron chi connectivity index (χ1n) is 8.94. The summed E-state index contributed by atoms with van der Waals surface area (Å²) < 4.78 is 21.9. The van der Waals surface area contributed by atoms with Crippen LogP contribution in [-0.2, 0) is 4.79 Å². The SMILES string of the molecule is CC[C@H](Oc1ccccc1OC)C(=O)N[C@H](C)COc1ccc(OC)cc1. The van der Waals surface area contributed by atoms with Gasteiger partial charge >= 0.3 is 0 Å². The Labute approximate surface area is 160 Å². The number of ether oxygens (including phenoxy) is 4. The Hall–Kier alpha value is -2.89. The molecule has 6 heteroatoms. The zero-order chi connectivity index (χ0) is 19.6. The van der Waals surface area contributed by atoms with E-state index in [-0.39, 0.29) is 11.9 Å². The van der Waals surface area contributed by atoms with Gasteiger partial charge in [0, 0.05) is 0 Å². The van der Waals surface area contributed by atoms with E-state index in [0.29, 0.717) is 30.3 Å². The molecule has 1 amide bonds. The van der Waals surface area contributed by atoms with Crippen molar-refractivity contribution in [2.45, 2.75) is 32.4 Å². The second kappa shape index (κ2) is 10.3. The summed E-state index contributed by atoms with van der Waals surface area (Å²) in [6.07, 6.45) is -0.0691. The third-order valence-electron chi connectivity index (χ3n) is 3.95. The number of benzene rings is 2. The molecule has 2 rings (SSSR count). The Bertz CT molecular complexity index is 717. The van der Waals surface area contributed by atoms with E-state index in [4.69, 9.17) is 18.9 Å². The minimum absolute atomic E-state index is 0.171. The van der Waals surface area contributed by atoms with Crippen LogP contribution in [0.4, 0.5) is 0 Å². The third-order valence-corrected chi connectivity index (χ3v) is 3.95. The fourth-order valence-corrected chi connectivity index (χ4v) is 2.46. The number of hydrogen-bond acceptors (Lipinski definition) is 5. The lowest BCUT2D eigenvalue weighted by atomic mass is 10.2. The standard InChI is InChI=1S/C21H27NO5/c1-5-18(27-20-9-7-6-8-19(20)25-4)21(23)22-15(2)14-26-17-12-10-16(24-3)11-13-17/h6-13,15,18H,5,14H2,1-4H3,(H,22,23)/t15-,18+/m1/s1. The molecule has 0 saturated heterocycles. The van der Waals surface area contributed by atoms with Crippen molar-refractivity contribution in [2.75, 3.05) is 20.8 Å². The molecule has 2 aromatic carbocycles. The molecule has 0 spiro atoms. The number of hydrogen-bond donors (Lipinski definition) is 1. The molecule has 1 N–H and O–H groups in total. The average Bonchev–Trinajstić information content (AvgIpc) is 2.70. The van der Waals surface area contributed by atoms with Crippen LogP contribution in [0, 0.1) is 0 Å². The predicted molar refractivity (Wildman–Crippen MR) is 104 cm³/mol. The summed E-state index contributed by atoms with van der Waals surface area (Å²) in [5, 5.41) is 2.93. The maximum atomic E-state index is 12.5. The van der Waals surface area contributed by atoms with Crippen LogP contribution in [0.1, 0.15) is 20.3 Å². The Kier molecular flexibility index (Phi) is 7.79. The van der Waals surface area contributed by atoms with Crippen LogP contribution in [0.25, 0.3) is 0 Å². The smallest absolute Gasteiger partial charge is 0.261 e. The molecule has 0 aliphatic carbocycles. The van der Waals surface area contributed by atoms with Crippen molar-refractivity contribution in [1.29, 1.82) is 0 Å². The van der Waals surface area contributed by atoms with Crippen molar-refractivity contribution < 1.29 is 23.7 Å². The fraction of sp³-hybridized carbons (Fsp3) is 0.381. The highest BCUT2D eigenvalue weighted by Crippen LogP contribution is 2.27. The van der Waals surface area contributed by atoms with E-state index in [0.717, 1.165) is 5.75 Å². The van der Waals surface area contributed by atoms with Crippen LogP contribution in [0.15, 0.2) is 48.5 Å². The molecule has 0 saturated carbocycles. The quantitative estimate of drug-likeness (QED) is 0.691. The van der Waals surface area contributed by atoms with Crippen molar-refractivity contribution in [2.24, 2.45) is 0 Å². The topological polar surface area (TPSA) is 66.0 Å². The van der Waals surface area contributed by atoms with Gasteiger partial charge in [-0.25, -0.2) is 0 Å². The van der Waals surface area contributed by atoms with E-state index in [9.17, 15) is 4.79 Å². The third kappa shape index (κ3) is 6.09. The summed E-state index contributed by atoms with van der Waals surface area (Å²) in [6, 6.07) is 14.4. The zero-order valence-corrected chi connectivity index (χ0v) is 16.2. The number of nitrogens with one attached hydrogen (secondary N) is 1. The van der Waals surface area contributed by atoms with Crippen LogP contribution >= 0.6 is 0 Å². The van der Waals surface area contributed by atoms with Gasteiger partial charge in [-0.1, -0.05) is 19.1 Å². The second-order valence-corrected chi connectivity index (χ2v) is 6.06. The number of carbonyl (C=O) groups is 1. The lowest BCUT2D eigenvalue weighted by molar-refractivity contribution is -0.129. The lowest BCUT2D eigenvalue weighted by Crippen LogP contribution is -2.44. The minimum Gasteiger partial charge on any atom is -0.497 e. The molecule has 0 aromatic heterocycles. The zero-order valence-electron chi connectivity index (χ0n) is 16.2. The Morgan fingerprint density at radius 1 is 0.963 bits per heavy atom. The Morgan fingerprint density at radius 3 is 2.19 bits per heavy atom. The van der Waals surface area contributed by atoms with Gasteiger partial charge in [-0.3, -0.25) is 4.79 Å². The van der Waals surface area contributed by atoms with E-state index in [1.54, 1.807) is 26.4 Å². The summed E-state index contributed by atoms with van der Waals surface area (Å²) >= 11 is 0. The van der Waals surface area contributed by atoms with Gasteiger partial charge in [-0.2, -0.15) is 0 Å². The molecule has 0 radical (unpaired) electrons. The first-order chi connectivity index (χ1) is 13.1. The Morgan fingerprint density at radius 2 is 1.59 bits per heavy atom. The number of para-hydroxylation sites is 2. The van der Waals surface area contributed by atoms with Crippen molar-refractivity contribution in [1.82, 2.24) is 5.32 Å². The van der Waals surface area contributed by atoms with Gasteiger partial charge in [-0.15, -0.1) is 0 Å². The molecule has 2 aromatic rings. The summed E-state index contributed by atoms with van der Waals surface area (Å²) in [5.41, 5.74) is 0. The number of rotatable bonds is 10. The van der Waals surface area contributed by atoms with Gasteiger partial charge in [0.2, 0.25) is 0 Å². The van der Waals surface area contributed by atoms with Crippen molar-refractivity contribution in [3.8, 4) is 23.0 Å². The highest BCUT2D eigenvalue weighted by Gasteiger charge is 2.21. The number of amides is 1. The molecule has 27 heavy (non-hydrogen) atoms. The van der Waals surface area contributed by atoms with Gasteiger partial charge < -0.3 is 24.3 Å². The molecule has 0 fully saturated rings. The molecule has 0 aliphatic heterocycles. The summed E-state index contributed by atoms with van der Waals surface area (Å²) in [5.74, 6) is 2.44. The molecule has 0 unspecified atom stereocenters. The molecule has 2 atom stereocenters. The second-order valence-electron chi connectivity index (χ2n) is 6.06. The first kappa shape index (κ1) is 20.4. The largest absolute Gasteiger partial charge is 0.497 e. The van der Waals surface area contributed by atoms with Crippen LogP contribution in [0.3, 0.4) is 0 Å². The van der Waals surface area contributed by atoms with Crippen molar-refractivity contribution in [3.05, 3.63) is 48.5 Å². The van der Waals surface area contributed by atoms with Gasteiger partial charge in [0.15, 0.2) is 17.6 Å². The van der Waals surface area contributed by atoms with E-state index in [2.05, 4.69) is 5.32 Å². The maximum absolute atomic E-state index is 12.5. The van der Waals surface area contributed by atoms with E-state index >= 15 is 0 Å². The minimum atomic E-state index is -0.607. The van der Waals surface area contributed by atoms with E-state index in [1.165, 1.54) is 0 Å². The van der Waals surface area contributed by atoms with Gasteiger partial charge in [0.1, 0.15) is 18.1 Å². The van der Waals surface area contributed by atoms with Gasteiger partial charge in [0.05, 0.1) is 20.3 Å². The van der Waals surface area contributed by atoms with E-state index in [1.807, 2.05) is 50.2 Å². The predicted octanol–water partition coefficient (Wildman–Crippen LogP) is 3.44. The summed E-state index contributed by atoms with van der Waals surface area (Å²) in [7, 11) is 3.19. The normalized spacial score (nSPS) is 12.6. The monoisotopic (exact) mass is 373 g/mol. The van der Waals surface area contributed by atoms with Gasteiger partial charge in [0.25, 0.3) is 5.91 Å². The molecule has 0 aliphatic rings. The maximum Gasteiger partial charge on any atom is 0.261 e. The molecular weight excluding hydrogens is 346 g/mol. The number of carbonyl (C=O) groups excluding carboxylic acids is 1. The Balaban J connectivity index is 1.87. The highest BCUT2D eigenvalue weighted by molar-refractivity contribution is 5.81.